The molecule has 8 nitrogen and oxygen atoms in total. The number of thioether (sulfide) groups is 1. The van der Waals surface area contributed by atoms with Gasteiger partial charge in [0.15, 0.2) is 34.4 Å². The molecule has 4 aromatic rings. The fourth-order valence-electron chi connectivity index (χ4n) is 3.13. The number of ether oxygens (including phenoxy) is 2. The van der Waals surface area contributed by atoms with Crippen LogP contribution in [0.4, 0.5) is 0 Å². The van der Waals surface area contributed by atoms with Crippen LogP contribution >= 0.6 is 11.8 Å². The smallest absolute Gasteiger partial charge is 0.257 e. The second-order valence-corrected chi connectivity index (χ2v) is 7.88. The molecule has 1 unspecified atom stereocenters. The van der Waals surface area contributed by atoms with Crippen molar-refractivity contribution in [2.75, 3.05) is 6.61 Å². The summed E-state index contributed by atoms with van der Waals surface area (Å²) < 4.78 is 19.1. The Morgan fingerprint density at radius 3 is 2.70 bits per heavy atom. The Morgan fingerprint density at radius 1 is 1.07 bits per heavy atom. The van der Waals surface area contributed by atoms with Crippen LogP contribution in [0.5, 0.6) is 11.5 Å². The minimum absolute atomic E-state index is 0.315. The lowest BCUT2D eigenvalue weighted by Gasteiger charge is -2.25. The number of fused-ring (bicyclic) bond motifs is 1. The second kappa shape index (κ2) is 7.83. The monoisotopic (exact) mass is 421 g/mol. The van der Waals surface area contributed by atoms with E-state index in [1.807, 2.05) is 67.1 Å². The van der Waals surface area contributed by atoms with Gasteiger partial charge in [0.25, 0.3) is 5.89 Å². The summed E-state index contributed by atoms with van der Waals surface area (Å²) in [5, 5.41) is 13.4. The minimum atomic E-state index is -0.315. The molecule has 0 radical (unpaired) electrons. The van der Waals surface area contributed by atoms with E-state index in [0.717, 1.165) is 16.5 Å². The lowest BCUT2D eigenvalue weighted by atomic mass is 10.1. The van der Waals surface area contributed by atoms with Gasteiger partial charge in [-0.05, 0) is 31.2 Å². The third-order valence-corrected chi connectivity index (χ3v) is 5.78. The molecule has 0 saturated heterocycles. The molecule has 2 aromatic carbocycles. The second-order valence-electron chi connectivity index (χ2n) is 6.93. The van der Waals surface area contributed by atoms with E-state index in [2.05, 4.69) is 20.3 Å². The van der Waals surface area contributed by atoms with Crippen molar-refractivity contribution < 1.29 is 14.0 Å². The van der Waals surface area contributed by atoms with Crippen molar-refractivity contribution in [3.05, 3.63) is 65.7 Å². The quantitative estimate of drug-likeness (QED) is 0.447. The summed E-state index contributed by atoms with van der Waals surface area (Å²) in [6.45, 7) is 2.43. The SMILES string of the molecule is Cc1ccc(-c2nc(CSc3nnc(C4COc5ccccc5O4)n3C)no2)cc1. The fourth-order valence-corrected chi connectivity index (χ4v) is 3.90. The highest BCUT2D eigenvalue weighted by molar-refractivity contribution is 7.98. The van der Waals surface area contributed by atoms with Gasteiger partial charge in [-0.1, -0.05) is 46.7 Å². The van der Waals surface area contributed by atoms with Gasteiger partial charge in [0.05, 0.1) is 5.75 Å². The summed E-state index contributed by atoms with van der Waals surface area (Å²) in [5.74, 6) is 3.79. The summed E-state index contributed by atoms with van der Waals surface area (Å²) in [5.41, 5.74) is 2.09. The van der Waals surface area contributed by atoms with Gasteiger partial charge in [-0.3, -0.25) is 0 Å². The summed E-state index contributed by atoms with van der Waals surface area (Å²) >= 11 is 1.49. The van der Waals surface area contributed by atoms with Crippen LogP contribution in [0.3, 0.4) is 0 Å². The van der Waals surface area contributed by atoms with E-state index in [1.54, 1.807) is 0 Å². The number of benzene rings is 2. The summed E-state index contributed by atoms with van der Waals surface area (Å²) in [4.78, 5) is 4.48. The van der Waals surface area contributed by atoms with Gasteiger partial charge in [0, 0.05) is 12.6 Å². The molecule has 5 rings (SSSR count). The van der Waals surface area contributed by atoms with E-state index in [9.17, 15) is 0 Å². The number of hydrogen-bond donors (Lipinski definition) is 0. The van der Waals surface area contributed by atoms with Crippen LogP contribution in [0.25, 0.3) is 11.5 Å². The van der Waals surface area contributed by atoms with Crippen molar-refractivity contribution in [1.29, 1.82) is 0 Å². The first-order chi connectivity index (χ1) is 14.7. The zero-order chi connectivity index (χ0) is 20.5. The van der Waals surface area contributed by atoms with E-state index < -0.39 is 0 Å². The minimum Gasteiger partial charge on any atom is -0.485 e. The molecule has 152 valence electrons. The van der Waals surface area contributed by atoms with Crippen LogP contribution < -0.4 is 9.47 Å². The number of rotatable bonds is 5. The van der Waals surface area contributed by atoms with E-state index >= 15 is 0 Å². The molecule has 0 amide bonds. The number of aromatic nitrogens is 5. The molecule has 1 aliphatic rings. The molecule has 0 fully saturated rings. The first kappa shape index (κ1) is 18.7. The first-order valence-corrected chi connectivity index (χ1v) is 10.5. The highest BCUT2D eigenvalue weighted by atomic mass is 32.2. The largest absolute Gasteiger partial charge is 0.485 e. The number of para-hydroxylation sites is 2. The normalized spacial score (nSPS) is 15.3. The first-order valence-electron chi connectivity index (χ1n) is 9.47. The van der Waals surface area contributed by atoms with Crippen LogP contribution in [-0.2, 0) is 12.8 Å². The lowest BCUT2D eigenvalue weighted by Crippen LogP contribution is -2.24. The number of hydrogen-bond acceptors (Lipinski definition) is 8. The van der Waals surface area contributed by atoms with Gasteiger partial charge in [-0.2, -0.15) is 4.98 Å². The van der Waals surface area contributed by atoms with Gasteiger partial charge in [-0.15, -0.1) is 10.2 Å². The standard InChI is InChI=1S/C21H19N5O3S/c1-13-7-9-14(10-8-13)20-22-18(25-29-20)12-30-21-24-23-19(26(21)2)17-11-27-15-5-3-4-6-16(15)28-17/h3-10,17H,11-12H2,1-2H3. The Morgan fingerprint density at radius 2 is 1.87 bits per heavy atom. The highest BCUT2D eigenvalue weighted by Gasteiger charge is 2.27. The average molecular weight is 421 g/mol. The summed E-state index contributed by atoms with van der Waals surface area (Å²) in [6, 6.07) is 15.6. The third kappa shape index (κ3) is 3.63. The molecular formula is C21H19N5O3S. The van der Waals surface area contributed by atoms with Crippen molar-refractivity contribution in [1.82, 2.24) is 24.9 Å². The maximum absolute atomic E-state index is 6.04. The topological polar surface area (TPSA) is 88.1 Å². The maximum Gasteiger partial charge on any atom is 0.257 e. The van der Waals surface area contributed by atoms with Gasteiger partial charge < -0.3 is 18.6 Å². The molecule has 0 spiro atoms. The van der Waals surface area contributed by atoms with Crippen molar-refractivity contribution in [3.8, 4) is 23.0 Å². The van der Waals surface area contributed by atoms with Crippen molar-refractivity contribution >= 4 is 11.8 Å². The Kier molecular flexibility index (Phi) is 4.88. The Hall–Kier alpha value is -3.33. The molecule has 0 N–H and O–H groups in total. The molecule has 0 saturated carbocycles. The van der Waals surface area contributed by atoms with E-state index in [0.29, 0.717) is 35.6 Å². The van der Waals surface area contributed by atoms with Crippen molar-refractivity contribution in [3.63, 3.8) is 0 Å². The van der Waals surface area contributed by atoms with Gasteiger partial charge in [-0.25, -0.2) is 0 Å². The van der Waals surface area contributed by atoms with E-state index in [1.165, 1.54) is 17.3 Å². The molecule has 9 heteroatoms. The summed E-state index contributed by atoms with van der Waals surface area (Å²) in [6.07, 6.45) is -0.315. The zero-order valence-electron chi connectivity index (χ0n) is 16.5. The predicted molar refractivity (Wildman–Crippen MR) is 110 cm³/mol. The maximum atomic E-state index is 6.04. The van der Waals surface area contributed by atoms with Crippen LogP contribution in [0.1, 0.15) is 23.3 Å². The van der Waals surface area contributed by atoms with E-state index in [4.69, 9.17) is 14.0 Å². The van der Waals surface area contributed by atoms with Gasteiger partial charge in [0.2, 0.25) is 0 Å². The van der Waals surface area contributed by atoms with Crippen molar-refractivity contribution in [2.24, 2.45) is 7.05 Å². The fraction of sp³-hybridized carbons (Fsp3) is 0.238. The van der Waals surface area contributed by atoms with Crippen LogP contribution in [0.2, 0.25) is 0 Å². The Balaban J connectivity index is 1.26. The lowest BCUT2D eigenvalue weighted by molar-refractivity contribution is 0.0825. The summed E-state index contributed by atoms with van der Waals surface area (Å²) in [7, 11) is 1.91. The molecule has 1 aliphatic heterocycles. The molecule has 2 aromatic heterocycles. The molecule has 1 atom stereocenters. The third-order valence-electron chi connectivity index (χ3n) is 4.76. The molecule has 0 aliphatic carbocycles. The Labute approximate surface area is 177 Å². The Bertz CT molecular complexity index is 1170. The van der Waals surface area contributed by atoms with Gasteiger partial charge in [0.1, 0.15) is 6.61 Å². The predicted octanol–water partition coefficient (Wildman–Crippen LogP) is 3.98. The molecule has 30 heavy (non-hydrogen) atoms. The average Bonchev–Trinajstić information content (AvgIpc) is 3.39. The van der Waals surface area contributed by atoms with Gasteiger partial charge >= 0.3 is 0 Å². The molecule has 3 heterocycles. The number of nitrogens with zero attached hydrogens (tertiary/aromatic N) is 5. The molecule has 0 bridgehead atoms. The van der Waals surface area contributed by atoms with Crippen LogP contribution in [0, 0.1) is 6.92 Å². The zero-order valence-corrected chi connectivity index (χ0v) is 17.3. The van der Waals surface area contributed by atoms with Crippen LogP contribution in [-0.4, -0.2) is 31.5 Å². The molecular weight excluding hydrogens is 402 g/mol. The van der Waals surface area contributed by atoms with Crippen molar-refractivity contribution in [2.45, 2.75) is 23.9 Å². The number of aryl methyl sites for hydroxylation is 1. The van der Waals surface area contributed by atoms with Crippen LogP contribution in [0.15, 0.2) is 58.2 Å². The van der Waals surface area contributed by atoms with E-state index in [-0.39, 0.29) is 6.10 Å². The highest BCUT2D eigenvalue weighted by Crippen LogP contribution is 2.36.